The Hall–Kier alpha value is -4.00. The molecule has 2 saturated carbocycles. The Balaban J connectivity index is 1.39. The molecular formula is C32H32FN3O3. The number of halogens is 1. The lowest BCUT2D eigenvalue weighted by molar-refractivity contribution is -0.000651. The quantitative estimate of drug-likeness (QED) is 0.316. The molecule has 2 aromatic carbocycles. The number of nitrogens with one attached hydrogen (secondary N) is 1. The molecule has 0 radical (unpaired) electrons. The number of aromatic nitrogens is 2. The normalized spacial score (nSPS) is 16.6. The summed E-state index contributed by atoms with van der Waals surface area (Å²) < 4.78 is 29.3. The van der Waals surface area contributed by atoms with Crippen LogP contribution in [0.5, 0.6) is 5.75 Å². The van der Waals surface area contributed by atoms with Crippen molar-refractivity contribution in [3.8, 4) is 16.9 Å². The Kier molecular flexibility index (Phi) is 6.14. The maximum atomic E-state index is 13.7. The molecule has 4 aromatic rings. The van der Waals surface area contributed by atoms with Gasteiger partial charge in [0.1, 0.15) is 22.8 Å². The number of pyridine rings is 2. The zero-order chi connectivity index (χ0) is 28.0. The van der Waals surface area contributed by atoms with E-state index in [0.717, 1.165) is 47.9 Å². The van der Waals surface area contributed by atoms with Crippen LogP contribution in [0.25, 0.3) is 22.2 Å². The van der Waals surface area contributed by atoms with Crippen LogP contribution < -0.4 is 15.6 Å². The van der Waals surface area contributed by atoms with Crippen LogP contribution in [-0.4, -0.2) is 27.6 Å². The van der Waals surface area contributed by atoms with Crippen molar-refractivity contribution in [3.05, 3.63) is 94.2 Å². The lowest BCUT2D eigenvalue weighted by Gasteiger charge is -2.54. The Morgan fingerprint density at radius 3 is 2.49 bits per heavy atom. The fraction of sp³-hybridized carbons (Fsp3) is 0.344. The van der Waals surface area contributed by atoms with Gasteiger partial charge in [-0.2, -0.15) is 0 Å². The summed E-state index contributed by atoms with van der Waals surface area (Å²) in [6, 6.07) is 16.9. The summed E-state index contributed by atoms with van der Waals surface area (Å²) >= 11 is 0. The van der Waals surface area contributed by atoms with Gasteiger partial charge in [0, 0.05) is 23.2 Å². The lowest BCUT2D eigenvalue weighted by atomic mass is 9.54. The third-order valence-corrected chi connectivity index (χ3v) is 8.02. The van der Waals surface area contributed by atoms with Crippen LogP contribution in [0.2, 0.25) is 1.41 Å². The number of carbonyl (C=O) groups is 1. The van der Waals surface area contributed by atoms with Crippen LogP contribution in [-0.2, 0) is 6.54 Å². The SMILES string of the molecule is [2H]N(C(=O)c1cc2cc(-c3ccc(OC(C)C)cc3)cnc2n(Cc2ccc(F)cc2)c1=O)C1CC2(CCC2)C1. The highest BCUT2D eigenvalue weighted by Gasteiger charge is 2.48. The average Bonchev–Trinajstić information content (AvgIpc) is 2.89. The number of carbonyl (C=O) groups excluding carboxylic acids is 1. The van der Waals surface area contributed by atoms with Gasteiger partial charge in [0.05, 0.1) is 12.6 Å². The number of fused-ring (bicyclic) bond motifs is 1. The molecule has 2 aromatic heterocycles. The van der Waals surface area contributed by atoms with Crippen LogP contribution in [0.3, 0.4) is 0 Å². The second-order valence-corrected chi connectivity index (χ2v) is 11.3. The van der Waals surface area contributed by atoms with Gasteiger partial charge >= 0.3 is 0 Å². The van der Waals surface area contributed by atoms with Gasteiger partial charge in [-0.25, -0.2) is 9.37 Å². The molecule has 7 heteroatoms. The van der Waals surface area contributed by atoms with E-state index in [1.165, 1.54) is 23.1 Å². The first kappa shape index (κ1) is 24.1. The van der Waals surface area contributed by atoms with Crippen LogP contribution in [0.15, 0.2) is 71.7 Å². The average molecular weight is 527 g/mol. The minimum absolute atomic E-state index is 0.0567. The minimum atomic E-state index is -0.598. The molecule has 2 fully saturated rings. The van der Waals surface area contributed by atoms with Gasteiger partial charge in [0.2, 0.25) is 0 Å². The maximum Gasteiger partial charge on any atom is 0.265 e. The summed E-state index contributed by atoms with van der Waals surface area (Å²) in [5, 5.41) is 1.61. The summed E-state index contributed by atoms with van der Waals surface area (Å²) in [4.78, 5) is 31.9. The standard InChI is InChI=1S/C32H32FN3O3/c1-20(2)39-27-10-6-22(7-11-27)24-14-23-15-28(30(37)35-26-16-32(17-26)12-3-13-32)31(38)36(29(23)34-18-24)19-21-4-8-25(33)9-5-21/h4-11,14-15,18,20,26H,3,12-13,16-17,19H2,1-2H3,(H,35,37)/i/hD. The number of hydrogen-bond acceptors (Lipinski definition) is 4. The topological polar surface area (TPSA) is 73.2 Å². The van der Waals surface area contributed by atoms with E-state index in [0.29, 0.717) is 22.0 Å². The summed E-state index contributed by atoms with van der Waals surface area (Å²) in [5.41, 5.74) is 2.59. The van der Waals surface area contributed by atoms with E-state index in [1.54, 1.807) is 24.4 Å². The largest absolute Gasteiger partial charge is 0.491 e. The first-order valence-electron chi connectivity index (χ1n) is 14.0. The Morgan fingerprint density at radius 2 is 1.85 bits per heavy atom. The van der Waals surface area contributed by atoms with E-state index < -0.39 is 11.5 Å². The van der Waals surface area contributed by atoms with Crippen molar-refractivity contribution in [1.82, 2.24) is 14.9 Å². The summed E-state index contributed by atoms with van der Waals surface area (Å²) in [6.07, 6.45) is 6.93. The highest BCUT2D eigenvalue weighted by molar-refractivity contribution is 5.97. The van der Waals surface area contributed by atoms with Crippen LogP contribution in [0.1, 0.15) is 61.9 Å². The van der Waals surface area contributed by atoms with E-state index in [-0.39, 0.29) is 30.1 Å². The third-order valence-electron chi connectivity index (χ3n) is 8.02. The highest BCUT2D eigenvalue weighted by atomic mass is 19.1. The fourth-order valence-corrected chi connectivity index (χ4v) is 5.84. The smallest absolute Gasteiger partial charge is 0.265 e. The van der Waals surface area contributed by atoms with Crippen molar-refractivity contribution < 1.29 is 15.3 Å². The Bertz CT molecular complexity index is 1620. The molecule has 1 spiro atoms. The minimum Gasteiger partial charge on any atom is -0.491 e. The van der Waals surface area contributed by atoms with E-state index in [2.05, 4.69) is 4.98 Å². The van der Waals surface area contributed by atoms with Gasteiger partial charge < -0.3 is 10.0 Å². The van der Waals surface area contributed by atoms with Crippen molar-refractivity contribution in [2.75, 3.05) is 0 Å². The number of benzene rings is 2. The van der Waals surface area contributed by atoms with Crippen molar-refractivity contribution in [2.24, 2.45) is 5.41 Å². The Labute approximate surface area is 228 Å². The summed E-state index contributed by atoms with van der Waals surface area (Å²) in [5.74, 6) is -0.199. The molecule has 0 bridgehead atoms. The first-order valence-corrected chi connectivity index (χ1v) is 13.6. The van der Waals surface area contributed by atoms with E-state index in [9.17, 15) is 14.0 Å². The molecule has 2 aliphatic carbocycles. The fourth-order valence-electron chi connectivity index (χ4n) is 5.84. The van der Waals surface area contributed by atoms with Crippen molar-refractivity contribution >= 4 is 16.9 Å². The van der Waals surface area contributed by atoms with Crippen molar-refractivity contribution in [3.63, 3.8) is 0 Å². The molecule has 6 rings (SSSR count). The third kappa shape index (κ3) is 5.05. The number of hydrogen-bond donors (Lipinski definition) is 1. The second kappa shape index (κ2) is 9.95. The van der Waals surface area contributed by atoms with Gasteiger partial charge in [-0.15, -0.1) is 0 Å². The first-order chi connectivity index (χ1) is 19.2. The highest BCUT2D eigenvalue weighted by Crippen LogP contribution is 2.55. The van der Waals surface area contributed by atoms with Gasteiger partial charge in [-0.3, -0.25) is 14.2 Å². The lowest BCUT2D eigenvalue weighted by Crippen LogP contribution is -2.54. The van der Waals surface area contributed by atoms with E-state index in [1.807, 2.05) is 44.2 Å². The molecule has 2 heterocycles. The predicted molar refractivity (Wildman–Crippen MR) is 149 cm³/mol. The Morgan fingerprint density at radius 1 is 1.13 bits per heavy atom. The van der Waals surface area contributed by atoms with Gasteiger partial charge in [-0.1, -0.05) is 30.7 Å². The molecule has 0 unspecified atom stereocenters. The number of ether oxygens (including phenoxy) is 1. The summed E-state index contributed by atoms with van der Waals surface area (Å²) in [6.45, 7) is 4.06. The van der Waals surface area contributed by atoms with Crippen molar-refractivity contribution in [2.45, 2.75) is 64.6 Å². The van der Waals surface area contributed by atoms with Crippen LogP contribution >= 0.6 is 0 Å². The van der Waals surface area contributed by atoms with Crippen LogP contribution in [0, 0.1) is 11.2 Å². The molecule has 200 valence electrons. The monoisotopic (exact) mass is 526 g/mol. The van der Waals surface area contributed by atoms with Crippen LogP contribution in [0.4, 0.5) is 4.39 Å². The molecule has 2 aliphatic rings. The molecule has 6 nitrogen and oxygen atoms in total. The molecule has 39 heavy (non-hydrogen) atoms. The number of rotatable bonds is 7. The van der Waals surface area contributed by atoms with E-state index >= 15 is 0 Å². The van der Waals surface area contributed by atoms with Crippen molar-refractivity contribution in [1.29, 1.82) is 0 Å². The maximum absolute atomic E-state index is 13.7. The predicted octanol–water partition coefficient (Wildman–Crippen LogP) is 6.10. The molecule has 0 aliphatic heterocycles. The zero-order valence-electron chi connectivity index (χ0n) is 23.2. The second-order valence-electron chi connectivity index (χ2n) is 11.3. The molecule has 1 amide bonds. The zero-order valence-corrected chi connectivity index (χ0v) is 22.2. The molecule has 1 N–H and O–H groups in total. The molecule has 0 saturated heterocycles. The summed E-state index contributed by atoms with van der Waals surface area (Å²) in [7, 11) is 0. The molecular weight excluding hydrogens is 493 g/mol. The molecule has 0 atom stereocenters. The van der Waals surface area contributed by atoms with Gasteiger partial charge in [0.15, 0.2) is 1.41 Å². The van der Waals surface area contributed by atoms with Gasteiger partial charge in [-0.05, 0) is 92.5 Å². The van der Waals surface area contributed by atoms with E-state index in [4.69, 9.17) is 6.15 Å². The van der Waals surface area contributed by atoms with Gasteiger partial charge in [0.25, 0.3) is 11.5 Å². The number of amides is 1. The number of nitrogens with zero attached hydrogens (tertiary/aromatic N) is 2.